The predicted octanol–water partition coefficient (Wildman–Crippen LogP) is -0.425. The van der Waals surface area contributed by atoms with Crippen LogP contribution in [-0.2, 0) is 11.8 Å². The first-order valence-electron chi connectivity index (χ1n) is 6.45. The number of rotatable bonds is 4. The van der Waals surface area contributed by atoms with Gasteiger partial charge in [-0.05, 0) is 25.6 Å². The summed E-state index contributed by atoms with van der Waals surface area (Å²) in [7, 11) is 3.70. The maximum absolute atomic E-state index is 11.8. The summed E-state index contributed by atoms with van der Waals surface area (Å²) in [6.07, 6.45) is 2.81. The molecule has 2 heterocycles. The molecular formula is C13H20N4O2. The van der Waals surface area contributed by atoms with Crippen molar-refractivity contribution in [3.8, 4) is 0 Å². The number of imide groups is 1. The summed E-state index contributed by atoms with van der Waals surface area (Å²) in [4.78, 5) is 25.7. The lowest BCUT2D eigenvalue weighted by Crippen LogP contribution is -2.40. The van der Waals surface area contributed by atoms with Gasteiger partial charge in [-0.2, -0.15) is 0 Å². The first-order valence-corrected chi connectivity index (χ1v) is 6.45. The average Bonchev–Trinajstić information content (AvgIpc) is 2.97. The van der Waals surface area contributed by atoms with Gasteiger partial charge >= 0.3 is 0 Å². The lowest BCUT2D eigenvalue weighted by atomic mass is 10.3. The fraction of sp³-hybridized carbons (Fsp3) is 0.538. The van der Waals surface area contributed by atoms with E-state index in [0.29, 0.717) is 11.7 Å². The van der Waals surface area contributed by atoms with Gasteiger partial charge in [0.05, 0.1) is 6.54 Å². The van der Waals surface area contributed by atoms with Crippen LogP contribution in [0.4, 0.5) is 0 Å². The number of carbonyl (C=O) groups excluding carboxylic acids is 2. The third-order valence-corrected chi connectivity index (χ3v) is 3.48. The third kappa shape index (κ3) is 3.42. The highest BCUT2D eigenvalue weighted by Crippen LogP contribution is 2.07. The molecule has 1 saturated heterocycles. The predicted molar refractivity (Wildman–Crippen MR) is 71.8 cm³/mol. The van der Waals surface area contributed by atoms with Crippen molar-refractivity contribution in [1.82, 2.24) is 20.1 Å². The zero-order chi connectivity index (χ0) is 13.8. The van der Waals surface area contributed by atoms with E-state index in [0.717, 1.165) is 19.5 Å². The van der Waals surface area contributed by atoms with Crippen molar-refractivity contribution in [3.63, 3.8) is 0 Å². The standard InChI is InChI=1S/C13H20N4O2/c1-14-10-5-7-17(8-10)9-12(18)15-13(19)11-4-3-6-16(11)2/h3-4,6,10,14H,5,7-9H2,1-2H3,(H,15,18,19). The van der Waals surface area contributed by atoms with Gasteiger partial charge in [-0.1, -0.05) is 0 Å². The van der Waals surface area contributed by atoms with Crippen molar-refractivity contribution < 1.29 is 9.59 Å². The molecule has 1 aliphatic heterocycles. The minimum absolute atomic E-state index is 0.247. The van der Waals surface area contributed by atoms with E-state index in [-0.39, 0.29) is 18.4 Å². The molecule has 19 heavy (non-hydrogen) atoms. The molecule has 6 nitrogen and oxygen atoms in total. The first kappa shape index (κ1) is 13.8. The lowest BCUT2D eigenvalue weighted by molar-refractivity contribution is -0.121. The number of amides is 2. The molecule has 6 heteroatoms. The van der Waals surface area contributed by atoms with E-state index in [1.807, 2.05) is 7.05 Å². The van der Waals surface area contributed by atoms with E-state index in [1.165, 1.54) is 0 Å². The Labute approximate surface area is 112 Å². The van der Waals surface area contributed by atoms with E-state index in [2.05, 4.69) is 15.5 Å². The van der Waals surface area contributed by atoms with Gasteiger partial charge in [0.25, 0.3) is 5.91 Å². The van der Waals surface area contributed by atoms with E-state index < -0.39 is 0 Å². The molecule has 2 amide bonds. The average molecular weight is 264 g/mol. The van der Waals surface area contributed by atoms with Gasteiger partial charge in [0.2, 0.25) is 5.91 Å². The van der Waals surface area contributed by atoms with E-state index in [9.17, 15) is 9.59 Å². The van der Waals surface area contributed by atoms with Crippen LogP contribution < -0.4 is 10.6 Å². The van der Waals surface area contributed by atoms with Crippen LogP contribution in [0.25, 0.3) is 0 Å². The quantitative estimate of drug-likeness (QED) is 0.775. The van der Waals surface area contributed by atoms with E-state index >= 15 is 0 Å². The Morgan fingerprint density at radius 1 is 1.47 bits per heavy atom. The maximum Gasteiger partial charge on any atom is 0.274 e. The first-order chi connectivity index (χ1) is 9.10. The molecule has 0 bridgehead atoms. The fourth-order valence-electron chi connectivity index (χ4n) is 2.34. The summed E-state index contributed by atoms with van der Waals surface area (Å²) in [6, 6.07) is 3.91. The second kappa shape index (κ2) is 5.99. The zero-order valence-electron chi connectivity index (χ0n) is 11.3. The number of carbonyl (C=O) groups is 2. The molecule has 0 saturated carbocycles. The van der Waals surface area contributed by atoms with Gasteiger partial charge in [0, 0.05) is 32.4 Å². The summed E-state index contributed by atoms with van der Waals surface area (Å²) in [5.74, 6) is -0.593. The molecule has 1 atom stereocenters. The number of nitrogens with zero attached hydrogens (tertiary/aromatic N) is 2. The number of nitrogens with one attached hydrogen (secondary N) is 2. The SMILES string of the molecule is CNC1CCN(CC(=O)NC(=O)c2cccn2C)C1. The molecule has 2 N–H and O–H groups in total. The van der Waals surface area contributed by atoms with Crippen LogP contribution >= 0.6 is 0 Å². The molecule has 0 radical (unpaired) electrons. The maximum atomic E-state index is 11.8. The van der Waals surface area contributed by atoms with Gasteiger partial charge in [0.1, 0.15) is 5.69 Å². The Kier molecular flexibility index (Phi) is 4.34. The summed E-state index contributed by atoms with van der Waals surface area (Å²) in [6.45, 7) is 2.01. The van der Waals surface area contributed by atoms with Crippen LogP contribution in [0.5, 0.6) is 0 Å². The molecule has 0 aliphatic carbocycles. The van der Waals surface area contributed by atoms with Crippen molar-refractivity contribution in [3.05, 3.63) is 24.0 Å². The van der Waals surface area contributed by atoms with Crippen molar-refractivity contribution in [1.29, 1.82) is 0 Å². The summed E-state index contributed by atoms with van der Waals surface area (Å²) in [5, 5.41) is 5.62. The highest BCUT2D eigenvalue weighted by molar-refractivity contribution is 6.04. The van der Waals surface area contributed by atoms with Crippen LogP contribution in [0.15, 0.2) is 18.3 Å². The summed E-state index contributed by atoms with van der Waals surface area (Å²) in [5.41, 5.74) is 0.489. The molecule has 104 valence electrons. The largest absolute Gasteiger partial charge is 0.347 e. The minimum atomic E-state index is -0.345. The highest BCUT2D eigenvalue weighted by atomic mass is 16.2. The van der Waals surface area contributed by atoms with Gasteiger partial charge in [-0.15, -0.1) is 0 Å². The van der Waals surface area contributed by atoms with Crippen LogP contribution in [0, 0.1) is 0 Å². The fourth-order valence-corrected chi connectivity index (χ4v) is 2.34. The number of aryl methyl sites for hydroxylation is 1. The monoisotopic (exact) mass is 264 g/mol. The van der Waals surface area contributed by atoms with Crippen LogP contribution in [-0.4, -0.2) is 54.0 Å². The lowest BCUT2D eigenvalue weighted by Gasteiger charge is -2.15. The smallest absolute Gasteiger partial charge is 0.274 e. The van der Waals surface area contributed by atoms with E-state index in [1.54, 1.807) is 29.9 Å². The Bertz CT molecular complexity index is 469. The summed E-state index contributed by atoms with van der Waals surface area (Å²) >= 11 is 0. The second-order valence-corrected chi connectivity index (χ2v) is 4.89. The Morgan fingerprint density at radius 3 is 2.84 bits per heavy atom. The second-order valence-electron chi connectivity index (χ2n) is 4.89. The van der Waals surface area contributed by atoms with Crippen molar-refractivity contribution in [2.45, 2.75) is 12.5 Å². The van der Waals surface area contributed by atoms with Crippen LogP contribution in [0.2, 0.25) is 0 Å². The molecule has 0 aromatic carbocycles. The summed E-state index contributed by atoms with van der Waals surface area (Å²) < 4.78 is 1.69. The van der Waals surface area contributed by atoms with Crippen LogP contribution in [0.1, 0.15) is 16.9 Å². The normalized spacial score (nSPS) is 19.6. The van der Waals surface area contributed by atoms with Crippen molar-refractivity contribution in [2.24, 2.45) is 7.05 Å². The van der Waals surface area contributed by atoms with E-state index in [4.69, 9.17) is 0 Å². The molecule has 1 aromatic rings. The van der Waals surface area contributed by atoms with Gasteiger partial charge in [-0.3, -0.25) is 19.8 Å². The zero-order valence-corrected chi connectivity index (χ0v) is 11.3. The molecule has 1 aromatic heterocycles. The number of likely N-dealkylation sites (N-methyl/N-ethyl adjacent to an activating group) is 1. The molecule has 1 aliphatic rings. The van der Waals surface area contributed by atoms with Crippen LogP contribution in [0.3, 0.4) is 0 Å². The highest BCUT2D eigenvalue weighted by Gasteiger charge is 2.23. The molecule has 1 unspecified atom stereocenters. The number of aromatic nitrogens is 1. The molecule has 1 fully saturated rings. The topological polar surface area (TPSA) is 66.4 Å². The Morgan fingerprint density at radius 2 is 2.26 bits per heavy atom. The molecular weight excluding hydrogens is 244 g/mol. The molecule has 0 spiro atoms. The third-order valence-electron chi connectivity index (χ3n) is 3.48. The van der Waals surface area contributed by atoms with Crippen molar-refractivity contribution >= 4 is 11.8 Å². The van der Waals surface area contributed by atoms with Gasteiger partial charge < -0.3 is 9.88 Å². The Hall–Kier alpha value is -1.66. The number of hydrogen-bond donors (Lipinski definition) is 2. The van der Waals surface area contributed by atoms with Gasteiger partial charge in [-0.25, -0.2) is 0 Å². The van der Waals surface area contributed by atoms with Gasteiger partial charge in [0.15, 0.2) is 0 Å². The van der Waals surface area contributed by atoms with Crippen molar-refractivity contribution in [2.75, 3.05) is 26.7 Å². The Balaban J connectivity index is 1.82. The minimum Gasteiger partial charge on any atom is -0.347 e. The molecule has 2 rings (SSSR count). The number of hydrogen-bond acceptors (Lipinski definition) is 4. The number of likely N-dealkylation sites (tertiary alicyclic amines) is 1.